The first kappa shape index (κ1) is 12.6. The average Bonchev–Trinajstić information content (AvgIpc) is 2.42. The van der Waals surface area contributed by atoms with Crippen molar-refractivity contribution in [2.24, 2.45) is 5.92 Å². The Hall–Kier alpha value is -0.860. The van der Waals surface area contributed by atoms with E-state index in [9.17, 15) is 0 Å². The van der Waals surface area contributed by atoms with E-state index in [4.69, 9.17) is 4.74 Å². The molecular formula is C15H23NO. The van der Waals surface area contributed by atoms with Gasteiger partial charge in [0, 0.05) is 19.3 Å². The molecule has 1 aliphatic heterocycles. The summed E-state index contributed by atoms with van der Waals surface area (Å²) in [5, 5.41) is 3.42. The lowest BCUT2D eigenvalue weighted by atomic mass is 9.92. The van der Waals surface area contributed by atoms with Crippen molar-refractivity contribution in [1.82, 2.24) is 5.32 Å². The number of nitrogens with one attached hydrogen (secondary N) is 1. The molecule has 2 heteroatoms. The van der Waals surface area contributed by atoms with E-state index in [-0.39, 0.29) is 0 Å². The van der Waals surface area contributed by atoms with E-state index >= 15 is 0 Å². The summed E-state index contributed by atoms with van der Waals surface area (Å²) in [6.07, 6.45) is 5.04. The topological polar surface area (TPSA) is 21.3 Å². The minimum atomic E-state index is 0.484. The zero-order chi connectivity index (χ0) is 11.9. The van der Waals surface area contributed by atoms with Crippen molar-refractivity contribution in [3.8, 4) is 0 Å². The van der Waals surface area contributed by atoms with Gasteiger partial charge in [0.15, 0.2) is 0 Å². The fourth-order valence-electron chi connectivity index (χ4n) is 2.60. The Morgan fingerprint density at radius 3 is 2.82 bits per heavy atom. The first-order valence-corrected chi connectivity index (χ1v) is 6.70. The molecule has 2 nitrogen and oxygen atoms in total. The lowest BCUT2D eigenvalue weighted by Gasteiger charge is -2.24. The standard InChI is InChI=1S/C15H23NO/c1-16-15(14-7-3-2-4-8-14)10-9-13-6-5-11-17-12-13/h2-4,7-8,13,15-16H,5-6,9-12H2,1H3. The van der Waals surface area contributed by atoms with E-state index in [0.717, 1.165) is 19.1 Å². The van der Waals surface area contributed by atoms with Crippen LogP contribution in [0.5, 0.6) is 0 Å². The number of hydrogen-bond acceptors (Lipinski definition) is 2. The van der Waals surface area contributed by atoms with Crippen LogP contribution in [-0.4, -0.2) is 20.3 Å². The molecule has 0 spiro atoms. The normalized spacial score (nSPS) is 22.3. The molecule has 0 amide bonds. The molecule has 1 aromatic carbocycles. The third kappa shape index (κ3) is 3.83. The van der Waals surface area contributed by atoms with Crippen molar-refractivity contribution in [2.75, 3.05) is 20.3 Å². The molecule has 0 bridgehead atoms. The molecule has 1 fully saturated rings. The second-order valence-corrected chi connectivity index (χ2v) is 4.91. The summed E-state index contributed by atoms with van der Waals surface area (Å²) in [7, 11) is 2.05. The Labute approximate surface area is 104 Å². The maximum absolute atomic E-state index is 5.53. The van der Waals surface area contributed by atoms with E-state index in [0.29, 0.717) is 6.04 Å². The average molecular weight is 233 g/mol. The summed E-state index contributed by atoms with van der Waals surface area (Å²) in [4.78, 5) is 0. The van der Waals surface area contributed by atoms with Gasteiger partial charge in [-0.1, -0.05) is 30.3 Å². The summed E-state index contributed by atoms with van der Waals surface area (Å²) < 4.78 is 5.53. The molecule has 2 unspecified atom stereocenters. The Balaban J connectivity index is 1.83. The molecule has 2 atom stereocenters. The van der Waals surface area contributed by atoms with Crippen LogP contribution < -0.4 is 5.32 Å². The summed E-state index contributed by atoms with van der Waals surface area (Å²) in [6, 6.07) is 11.2. The summed E-state index contributed by atoms with van der Waals surface area (Å²) in [5.74, 6) is 0.767. The third-order valence-electron chi connectivity index (χ3n) is 3.67. The van der Waals surface area contributed by atoms with Crippen molar-refractivity contribution < 1.29 is 4.74 Å². The van der Waals surface area contributed by atoms with Gasteiger partial charge in [-0.05, 0) is 44.2 Å². The molecule has 1 aromatic rings. The molecule has 0 saturated carbocycles. The van der Waals surface area contributed by atoms with Crippen molar-refractivity contribution in [3.05, 3.63) is 35.9 Å². The van der Waals surface area contributed by atoms with E-state index in [1.54, 1.807) is 0 Å². The van der Waals surface area contributed by atoms with Gasteiger partial charge in [0.2, 0.25) is 0 Å². The third-order valence-corrected chi connectivity index (χ3v) is 3.67. The molecule has 0 aliphatic carbocycles. The summed E-state index contributed by atoms with van der Waals surface area (Å²) in [5.41, 5.74) is 1.40. The minimum absolute atomic E-state index is 0.484. The maximum Gasteiger partial charge on any atom is 0.0494 e. The van der Waals surface area contributed by atoms with Gasteiger partial charge in [0.25, 0.3) is 0 Å². The van der Waals surface area contributed by atoms with Gasteiger partial charge in [-0.2, -0.15) is 0 Å². The van der Waals surface area contributed by atoms with Gasteiger partial charge >= 0.3 is 0 Å². The van der Waals surface area contributed by atoms with Crippen LogP contribution in [0.4, 0.5) is 0 Å². The van der Waals surface area contributed by atoms with Crippen LogP contribution >= 0.6 is 0 Å². The van der Waals surface area contributed by atoms with Crippen LogP contribution in [0, 0.1) is 5.92 Å². The van der Waals surface area contributed by atoms with E-state index < -0.39 is 0 Å². The molecule has 1 heterocycles. The minimum Gasteiger partial charge on any atom is -0.381 e. The highest BCUT2D eigenvalue weighted by Crippen LogP contribution is 2.24. The van der Waals surface area contributed by atoms with Gasteiger partial charge in [0.05, 0.1) is 0 Å². The fraction of sp³-hybridized carbons (Fsp3) is 0.600. The lowest BCUT2D eigenvalue weighted by molar-refractivity contribution is 0.0499. The molecule has 1 aliphatic rings. The van der Waals surface area contributed by atoms with Gasteiger partial charge in [-0.3, -0.25) is 0 Å². The molecule has 2 rings (SSSR count). The fourth-order valence-corrected chi connectivity index (χ4v) is 2.60. The second kappa shape index (κ2) is 6.77. The number of benzene rings is 1. The Bertz CT molecular complexity index is 306. The predicted molar refractivity (Wildman–Crippen MR) is 71.0 cm³/mol. The van der Waals surface area contributed by atoms with Gasteiger partial charge < -0.3 is 10.1 Å². The van der Waals surface area contributed by atoms with Crippen molar-refractivity contribution >= 4 is 0 Å². The predicted octanol–water partition coefficient (Wildman–Crippen LogP) is 3.15. The smallest absolute Gasteiger partial charge is 0.0494 e. The van der Waals surface area contributed by atoms with Gasteiger partial charge in [-0.25, -0.2) is 0 Å². The van der Waals surface area contributed by atoms with Crippen LogP contribution in [0.2, 0.25) is 0 Å². The SMILES string of the molecule is CNC(CCC1CCCOC1)c1ccccc1. The second-order valence-electron chi connectivity index (χ2n) is 4.91. The van der Waals surface area contributed by atoms with Gasteiger partial charge in [-0.15, -0.1) is 0 Å². The first-order valence-electron chi connectivity index (χ1n) is 6.70. The molecule has 17 heavy (non-hydrogen) atoms. The Morgan fingerprint density at radius 2 is 2.18 bits per heavy atom. The zero-order valence-corrected chi connectivity index (χ0v) is 10.7. The number of ether oxygens (including phenoxy) is 1. The number of hydrogen-bond donors (Lipinski definition) is 1. The molecule has 0 radical (unpaired) electrons. The Morgan fingerprint density at radius 1 is 1.35 bits per heavy atom. The van der Waals surface area contributed by atoms with Crippen LogP contribution in [0.25, 0.3) is 0 Å². The first-order chi connectivity index (χ1) is 8.40. The summed E-state index contributed by atoms with van der Waals surface area (Å²) >= 11 is 0. The molecule has 94 valence electrons. The molecular weight excluding hydrogens is 210 g/mol. The lowest BCUT2D eigenvalue weighted by Crippen LogP contribution is -2.21. The largest absolute Gasteiger partial charge is 0.381 e. The van der Waals surface area contributed by atoms with Gasteiger partial charge in [0.1, 0.15) is 0 Å². The highest BCUT2D eigenvalue weighted by Gasteiger charge is 2.16. The van der Waals surface area contributed by atoms with E-state index in [1.165, 1.54) is 31.2 Å². The summed E-state index contributed by atoms with van der Waals surface area (Å²) in [6.45, 7) is 1.93. The number of rotatable bonds is 5. The van der Waals surface area contributed by atoms with Crippen LogP contribution in [0.3, 0.4) is 0 Å². The Kier molecular flexibility index (Phi) is 5.02. The van der Waals surface area contributed by atoms with Crippen molar-refractivity contribution in [3.63, 3.8) is 0 Å². The molecule has 0 aromatic heterocycles. The quantitative estimate of drug-likeness (QED) is 0.843. The van der Waals surface area contributed by atoms with E-state index in [1.807, 2.05) is 0 Å². The van der Waals surface area contributed by atoms with Crippen LogP contribution in [-0.2, 0) is 4.74 Å². The van der Waals surface area contributed by atoms with Crippen LogP contribution in [0.1, 0.15) is 37.3 Å². The van der Waals surface area contributed by atoms with Crippen molar-refractivity contribution in [2.45, 2.75) is 31.7 Å². The van der Waals surface area contributed by atoms with Crippen molar-refractivity contribution in [1.29, 1.82) is 0 Å². The zero-order valence-electron chi connectivity index (χ0n) is 10.7. The van der Waals surface area contributed by atoms with Crippen LogP contribution in [0.15, 0.2) is 30.3 Å². The highest BCUT2D eigenvalue weighted by atomic mass is 16.5. The monoisotopic (exact) mass is 233 g/mol. The molecule has 1 saturated heterocycles. The molecule has 1 N–H and O–H groups in total. The van der Waals surface area contributed by atoms with E-state index in [2.05, 4.69) is 42.7 Å². The highest BCUT2D eigenvalue weighted by molar-refractivity contribution is 5.18. The maximum atomic E-state index is 5.53.